The normalized spacial score (nSPS) is 26.3. The van der Waals surface area contributed by atoms with Gasteiger partial charge in [0.1, 0.15) is 5.82 Å². The largest absolute Gasteiger partial charge is 0.372 e. The van der Waals surface area contributed by atoms with Crippen LogP contribution in [0.3, 0.4) is 0 Å². The van der Waals surface area contributed by atoms with Crippen LogP contribution >= 0.6 is 11.6 Å². The molecule has 4 atom stereocenters. The molecule has 154 valence electrons. The molecule has 2 fully saturated rings. The Morgan fingerprint density at radius 3 is 2.62 bits per heavy atom. The van der Waals surface area contributed by atoms with E-state index in [1.807, 2.05) is 49.1 Å². The molecule has 1 aliphatic carbocycles. The summed E-state index contributed by atoms with van der Waals surface area (Å²) in [6.07, 6.45) is 0.944. The minimum absolute atomic E-state index is 0.00441. The Morgan fingerprint density at radius 1 is 1.21 bits per heavy atom. The summed E-state index contributed by atoms with van der Waals surface area (Å²) in [7, 11) is 0. The minimum atomic E-state index is -0.265. The van der Waals surface area contributed by atoms with Gasteiger partial charge in [-0.15, -0.1) is 0 Å². The van der Waals surface area contributed by atoms with Crippen molar-refractivity contribution in [2.24, 2.45) is 5.92 Å². The molecule has 1 N–H and O–H groups in total. The van der Waals surface area contributed by atoms with Crippen molar-refractivity contribution in [3.63, 3.8) is 0 Å². The van der Waals surface area contributed by atoms with Gasteiger partial charge in [-0.25, -0.2) is 4.39 Å². The van der Waals surface area contributed by atoms with Crippen molar-refractivity contribution in [3.8, 4) is 0 Å². The van der Waals surface area contributed by atoms with E-state index in [1.54, 1.807) is 6.07 Å². The van der Waals surface area contributed by atoms with Gasteiger partial charge in [0.05, 0.1) is 17.9 Å². The van der Waals surface area contributed by atoms with Gasteiger partial charge in [-0.1, -0.05) is 35.9 Å². The molecule has 1 amide bonds. The monoisotopic (exact) mass is 416 g/mol. The molecule has 0 spiro atoms. The van der Waals surface area contributed by atoms with Gasteiger partial charge < -0.3 is 15.0 Å². The lowest BCUT2D eigenvalue weighted by molar-refractivity contribution is -0.122. The number of nitrogens with one attached hydrogen (secondary N) is 1. The van der Waals surface area contributed by atoms with Crippen LogP contribution in [0.15, 0.2) is 42.5 Å². The molecule has 6 heteroatoms. The number of hydrogen-bond donors (Lipinski definition) is 1. The van der Waals surface area contributed by atoms with Gasteiger partial charge in [-0.2, -0.15) is 0 Å². The third kappa shape index (κ3) is 4.57. The number of halogens is 2. The summed E-state index contributed by atoms with van der Waals surface area (Å²) < 4.78 is 20.4. The lowest BCUT2D eigenvalue weighted by atomic mass is 10.1. The van der Waals surface area contributed by atoms with Crippen molar-refractivity contribution in [1.82, 2.24) is 5.32 Å². The van der Waals surface area contributed by atoms with Gasteiger partial charge in [0.15, 0.2) is 0 Å². The summed E-state index contributed by atoms with van der Waals surface area (Å²) in [5.74, 6) is -0.155. The van der Waals surface area contributed by atoms with E-state index < -0.39 is 0 Å². The summed E-state index contributed by atoms with van der Waals surface area (Å²) in [6.45, 7) is 5.65. The van der Waals surface area contributed by atoms with E-state index in [0.29, 0.717) is 30.3 Å². The zero-order chi connectivity index (χ0) is 20.5. The van der Waals surface area contributed by atoms with E-state index in [9.17, 15) is 9.18 Å². The number of morpholine rings is 1. The Hall–Kier alpha value is -2.11. The summed E-state index contributed by atoms with van der Waals surface area (Å²) in [5.41, 5.74) is 2.37. The van der Waals surface area contributed by atoms with Crippen LogP contribution in [0.4, 0.5) is 10.1 Å². The lowest BCUT2D eigenvalue weighted by Gasteiger charge is -2.37. The number of anilines is 1. The molecule has 1 aliphatic heterocycles. The zero-order valence-corrected chi connectivity index (χ0v) is 17.5. The first-order chi connectivity index (χ1) is 13.9. The molecule has 1 saturated heterocycles. The van der Waals surface area contributed by atoms with Crippen LogP contribution in [0.25, 0.3) is 0 Å². The Balaban J connectivity index is 1.34. The molecular formula is C23H26ClFN2O2. The molecule has 0 radical (unpaired) electrons. The highest BCUT2D eigenvalue weighted by Gasteiger charge is 2.44. The first-order valence-electron chi connectivity index (χ1n) is 10.1. The van der Waals surface area contributed by atoms with Crippen molar-refractivity contribution < 1.29 is 13.9 Å². The number of carbonyl (C=O) groups is 1. The average Bonchev–Trinajstić information content (AvgIpc) is 3.46. The van der Waals surface area contributed by atoms with Gasteiger partial charge in [0, 0.05) is 30.6 Å². The maximum absolute atomic E-state index is 14.7. The van der Waals surface area contributed by atoms with E-state index in [1.165, 1.54) is 6.07 Å². The summed E-state index contributed by atoms with van der Waals surface area (Å²) in [5, 5.41) is 3.64. The molecule has 0 bridgehead atoms. The van der Waals surface area contributed by atoms with E-state index in [4.69, 9.17) is 16.3 Å². The maximum Gasteiger partial charge on any atom is 0.224 e. The fraction of sp³-hybridized carbons (Fsp3) is 0.435. The van der Waals surface area contributed by atoms with Gasteiger partial charge >= 0.3 is 0 Å². The minimum Gasteiger partial charge on any atom is -0.372 e. The predicted molar refractivity (Wildman–Crippen MR) is 113 cm³/mol. The van der Waals surface area contributed by atoms with Crippen molar-refractivity contribution in [1.29, 1.82) is 0 Å². The number of amides is 1. The molecule has 4 rings (SSSR count). The highest BCUT2D eigenvalue weighted by molar-refractivity contribution is 6.31. The van der Waals surface area contributed by atoms with Crippen molar-refractivity contribution in [2.45, 2.75) is 44.9 Å². The molecule has 29 heavy (non-hydrogen) atoms. The molecule has 0 aromatic heterocycles. The fourth-order valence-corrected chi connectivity index (χ4v) is 4.49. The van der Waals surface area contributed by atoms with E-state index >= 15 is 0 Å². The molecule has 4 nitrogen and oxygen atoms in total. The van der Waals surface area contributed by atoms with Gasteiger partial charge in [-0.05, 0) is 55.5 Å². The molecule has 2 aromatic rings. The number of rotatable bonds is 5. The topological polar surface area (TPSA) is 41.6 Å². The first-order valence-corrected chi connectivity index (χ1v) is 10.5. The standard InChI is InChI=1S/C23H26ClFN2O2/c1-14-12-27(13-15(2)29-14)22-8-7-16(9-21(22)25)11-26-23(28)19-10-18(19)17-5-3-4-6-20(17)24/h3-9,14-15,18-19H,10-13H2,1-2H3,(H,26,28). The van der Waals surface area contributed by atoms with Crippen molar-refractivity contribution in [3.05, 3.63) is 64.4 Å². The Labute approximate surface area is 176 Å². The summed E-state index contributed by atoms with van der Waals surface area (Å²) >= 11 is 6.23. The van der Waals surface area contributed by atoms with Crippen LogP contribution in [-0.4, -0.2) is 31.2 Å². The molecule has 1 saturated carbocycles. The van der Waals surface area contributed by atoms with Crippen LogP contribution in [0, 0.1) is 11.7 Å². The SMILES string of the molecule is CC1CN(c2ccc(CNC(=O)C3CC3c3ccccc3Cl)cc2F)CC(C)O1. The maximum atomic E-state index is 14.7. The Kier molecular flexibility index (Phi) is 5.79. The average molecular weight is 417 g/mol. The zero-order valence-electron chi connectivity index (χ0n) is 16.7. The molecule has 4 unspecified atom stereocenters. The first kappa shape index (κ1) is 20.2. The molecule has 2 aromatic carbocycles. The second-order valence-corrected chi connectivity index (χ2v) is 8.54. The second kappa shape index (κ2) is 8.33. The summed E-state index contributed by atoms with van der Waals surface area (Å²) in [6, 6.07) is 12.8. The van der Waals surface area contributed by atoms with Gasteiger partial charge in [0.2, 0.25) is 5.91 Å². The van der Waals surface area contributed by atoms with Gasteiger partial charge in [0.25, 0.3) is 0 Å². The highest BCUT2D eigenvalue weighted by Crippen LogP contribution is 2.49. The number of carbonyl (C=O) groups excluding carboxylic acids is 1. The fourth-order valence-electron chi connectivity index (χ4n) is 4.22. The second-order valence-electron chi connectivity index (χ2n) is 8.14. The van der Waals surface area contributed by atoms with E-state index in [0.717, 1.165) is 17.5 Å². The number of nitrogens with zero attached hydrogens (tertiary/aromatic N) is 1. The van der Waals surface area contributed by atoms with Crippen LogP contribution < -0.4 is 10.2 Å². The van der Waals surface area contributed by atoms with E-state index in [-0.39, 0.29) is 35.8 Å². The smallest absolute Gasteiger partial charge is 0.224 e. The van der Waals surface area contributed by atoms with Crippen LogP contribution in [0.2, 0.25) is 5.02 Å². The third-order valence-electron chi connectivity index (χ3n) is 5.67. The number of benzene rings is 2. The Morgan fingerprint density at radius 2 is 1.93 bits per heavy atom. The van der Waals surface area contributed by atoms with E-state index in [2.05, 4.69) is 5.32 Å². The molecular weight excluding hydrogens is 391 g/mol. The number of hydrogen-bond acceptors (Lipinski definition) is 3. The molecule has 2 aliphatic rings. The van der Waals surface area contributed by atoms with Crippen molar-refractivity contribution in [2.75, 3.05) is 18.0 Å². The molecule has 1 heterocycles. The number of ether oxygens (including phenoxy) is 1. The Bertz CT molecular complexity index is 896. The quantitative estimate of drug-likeness (QED) is 0.779. The van der Waals surface area contributed by atoms with Gasteiger partial charge in [-0.3, -0.25) is 4.79 Å². The predicted octanol–water partition coefficient (Wildman–Crippen LogP) is 4.51. The van der Waals surface area contributed by atoms with Crippen molar-refractivity contribution >= 4 is 23.2 Å². The van der Waals surface area contributed by atoms with Crippen LogP contribution in [0.1, 0.15) is 37.3 Å². The third-order valence-corrected chi connectivity index (χ3v) is 6.02. The lowest BCUT2D eigenvalue weighted by Crippen LogP contribution is -2.45. The summed E-state index contributed by atoms with van der Waals surface area (Å²) in [4.78, 5) is 14.5. The van der Waals surface area contributed by atoms with Crippen LogP contribution in [0.5, 0.6) is 0 Å². The highest BCUT2D eigenvalue weighted by atomic mass is 35.5. The van der Waals surface area contributed by atoms with Crippen LogP contribution in [-0.2, 0) is 16.1 Å².